The SMILES string of the molecule is CC(Br)CCc1cncnc1. The minimum absolute atomic E-state index is 0.572. The molecule has 1 rings (SSSR count). The molecule has 0 amide bonds. The monoisotopic (exact) mass is 214 g/mol. The van der Waals surface area contributed by atoms with E-state index in [0.29, 0.717) is 4.83 Å². The van der Waals surface area contributed by atoms with Crippen LogP contribution in [0.15, 0.2) is 18.7 Å². The topological polar surface area (TPSA) is 25.8 Å². The molecule has 0 N–H and O–H groups in total. The molecule has 0 aromatic carbocycles. The first-order valence-corrected chi connectivity index (χ1v) is 4.58. The number of rotatable bonds is 3. The molecule has 0 spiro atoms. The van der Waals surface area contributed by atoms with Crippen LogP contribution < -0.4 is 0 Å². The largest absolute Gasteiger partial charge is 0.245 e. The van der Waals surface area contributed by atoms with E-state index >= 15 is 0 Å². The van der Waals surface area contributed by atoms with Crippen LogP contribution in [0.3, 0.4) is 0 Å². The van der Waals surface area contributed by atoms with Crippen molar-refractivity contribution in [3.63, 3.8) is 0 Å². The van der Waals surface area contributed by atoms with E-state index in [1.54, 1.807) is 6.33 Å². The summed E-state index contributed by atoms with van der Waals surface area (Å²) in [7, 11) is 0. The Morgan fingerprint density at radius 2 is 2.09 bits per heavy atom. The Morgan fingerprint density at radius 3 is 2.64 bits per heavy atom. The highest BCUT2D eigenvalue weighted by atomic mass is 79.9. The summed E-state index contributed by atoms with van der Waals surface area (Å²) in [5.41, 5.74) is 1.21. The molecule has 0 saturated heterocycles. The Morgan fingerprint density at radius 1 is 1.45 bits per heavy atom. The second kappa shape index (κ2) is 4.44. The predicted octanol–water partition coefficient (Wildman–Crippen LogP) is 2.19. The number of halogens is 1. The average molecular weight is 215 g/mol. The van der Waals surface area contributed by atoms with Crippen molar-refractivity contribution in [2.24, 2.45) is 0 Å². The van der Waals surface area contributed by atoms with E-state index in [1.165, 1.54) is 5.56 Å². The Bertz CT molecular complexity index is 199. The molecule has 0 fully saturated rings. The summed E-state index contributed by atoms with van der Waals surface area (Å²) in [5.74, 6) is 0. The molecule has 60 valence electrons. The predicted molar refractivity (Wildman–Crippen MR) is 48.7 cm³/mol. The zero-order chi connectivity index (χ0) is 8.10. The highest BCUT2D eigenvalue weighted by molar-refractivity contribution is 9.09. The van der Waals surface area contributed by atoms with Crippen LogP contribution in [0.1, 0.15) is 18.9 Å². The van der Waals surface area contributed by atoms with E-state index in [2.05, 4.69) is 32.8 Å². The first-order chi connectivity index (χ1) is 5.29. The van der Waals surface area contributed by atoms with Crippen LogP contribution >= 0.6 is 15.9 Å². The van der Waals surface area contributed by atoms with Crippen LogP contribution in [-0.2, 0) is 6.42 Å². The lowest BCUT2D eigenvalue weighted by atomic mass is 10.2. The van der Waals surface area contributed by atoms with Gasteiger partial charge in [0.15, 0.2) is 0 Å². The van der Waals surface area contributed by atoms with Crippen LogP contribution in [0.25, 0.3) is 0 Å². The van der Waals surface area contributed by atoms with Gasteiger partial charge in [0, 0.05) is 17.2 Å². The van der Waals surface area contributed by atoms with Gasteiger partial charge in [-0.25, -0.2) is 9.97 Å². The van der Waals surface area contributed by atoms with Crippen LogP contribution in [0, 0.1) is 0 Å². The molecule has 1 aromatic rings. The average Bonchev–Trinajstić information content (AvgIpc) is 2.03. The third kappa shape index (κ3) is 3.46. The van der Waals surface area contributed by atoms with Crippen molar-refractivity contribution >= 4 is 15.9 Å². The summed E-state index contributed by atoms with van der Waals surface area (Å²) in [6, 6.07) is 0. The van der Waals surface area contributed by atoms with Gasteiger partial charge < -0.3 is 0 Å². The van der Waals surface area contributed by atoms with Crippen molar-refractivity contribution in [2.45, 2.75) is 24.6 Å². The quantitative estimate of drug-likeness (QED) is 0.722. The Labute approximate surface area is 75.2 Å². The molecule has 3 heteroatoms. The molecule has 11 heavy (non-hydrogen) atoms. The second-order valence-electron chi connectivity index (χ2n) is 2.57. The zero-order valence-corrected chi connectivity index (χ0v) is 8.08. The van der Waals surface area contributed by atoms with Crippen molar-refractivity contribution in [1.29, 1.82) is 0 Å². The minimum atomic E-state index is 0.572. The number of hydrogen-bond acceptors (Lipinski definition) is 2. The summed E-state index contributed by atoms with van der Waals surface area (Å²) in [4.78, 5) is 8.44. The molecule has 1 unspecified atom stereocenters. The van der Waals surface area contributed by atoms with Gasteiger partial charge in [-0.1, -0.05) is 22.9 Å². The van der Waals surface area contributed by atoms with E-state index in [4.69, 9.17) is 0 Å². The van der Waals surface area contributed by atoms with Gasteiger partial charge in [-0.2, -0.15) is 0 Å². The van der Waals surface area contributed by atoms with Crippen molar-refractivity contribution in [2.75, 3.05) is 0 Å². The van der Waals surface area contributed by atoms with Crippen LogP contribution in [0.2, 0.25) is 0 Å². The van der Waals surface area contributed by atoms with Gasteiger partial charge in [0.1, 0.15) is 6.33 Å². The van der Waals surface area contributed by atoms with Gasteiger partial charge in [-0.15, -0.1) is 0 Å². The molecule has 1 atom stereocenters. The van der Waals surface area contributed by atoms with E-state index in [1.807, 2.05) is 12.4 Å². The summed E-state index contributed by atoms with van der Waals surface area (Å²) in [6.07, 6.45) is 7.46. The van der Waals surface area contributed by atoms with Crippen LogP contribution in [0.4, 0.5) is 0 Å². The third-order valence-electron chi connectivity index (χ3n) is 1.44. The van der Waals surface area contributed by atoms with Gasteiger partial charge >= 0.3 is 0 Å². The molecule has 0 radical (unpaired) electrons. The van der Waals surface area contributed by atoms with Crippen molar-refractivity contribution in [3.05, 3.63) is 24.3 Å². The fourth-order valence-corrected chi connectivity index (χ4v) is 1.05. The number of aryl methyl sites for hydroxylation is 1. The summed E-state index contributed by atoms with van der Waals surface area (Å²) in [5, 5.41) is 0. The highest BCUT2D eigenvalue weighted by Crippen LogP contribution is 2.07. The molecule has 0 aliphatic heterocycles. The maximum absolute atomic E-state index is 3.94. The molecule has 1 aromatic heterocycles. The lowest BCUT2D eigenvalue weighted by Gasteiger charge is -2.00. The van der Waals surface area contributed by atoms with E-state index < -0.39 is 0 Å². The van der Waals surface area contributed by atoms with E-state index in [-0.39, 0.29) is 0 Å². The summed E-state index contributed by atoms with van der Waals surface area (Å²) < 4.78 is 0. The maximum Gasteiger partial charge on any atom is 0.115 e. The molecule has 2 nitrogen and oxygen atoms in total. The standard InChI is InChI=1S/C8H11BrN2/c1-7(9)2-3-8-4-10-6-11-5-8/h4-7H,2-3H2,1H3. The molecular formula is C8H11BrN2. The number of aromatic nitrogens is 2. The third-order valence-corrected chi connectivity index (χ3v) is 1.90. The second-order valence-corrected chi connectivity index (χ2v) is 4.13. The smallest absolute Gasteiger partial charge is 0.115 e. The first-order valence-electron chi connectivity index (χ1n) is 3.67. The Kier molecular flexibility index (Phi) is 3.49. The Balaban J connectivity index is 2.39. The van der Waals surface area contributed by atoms with Gasteiger partial charge in [-0.3, -0.25) is 0 Å². The lowest BCUT2D eigenvalue weighted by molar-refractivity contribution is 0.813. The van der Waals surface area contributed by atoms with Crippen molar-refractivity contribution in [3.8, 4) is 0 Å². The molecule has 0 aliphatic carbocycles. The molecule has 1 heterocycles. The summed E-state index contributed by atoms with van der Waals surface area (Å²) in [6.45, 7) is 2.14. The van der Waals surface area contributed by atoms with Crippen LogP contribution in [-0.4, -0.2) is 14.8 Å². The van der Waals surface area contributed by atoms with Crippen molar-refractivity contribution in [1.82, 2.24) is 9.97 Å². The highest BCUT2D eigenvalue weighted by Gasteiger charge is 1.97. The molecule has 0 aliphatic rings. The number of hydrogen-bond donors (Lipinski definition) is 0. The van der Waals surface area contributed by atoms with Crippen molar-refractivity contribution < 1.29 is 0 Å². The summed E-state index contributed by atoms with van der Waals surface area (Å²) >= 11 is 3.49. The maximum atomic E-state index is 3.94. The van der Waals surface area contributed by atoms with Gasteiger partial charge in [0.05, 0.1) is 0 Å². The normalized spacial score (nSPS) is 12.9. The molecular weight excluding hydrogens is 204 g/mol. The van der Waals surface area contributed by atoms with Crippen LogP contribution in [0.5, 0.6) is 0 Å². The fraction of sp³-hybridized carbons (Fsp3) is 0.500. The van der Waals surface area contributed by atoms with E-state index in [9.17, 15) is 0 Å². The Hall–Kier alpha value is -0.440. The number of nitrogens with zero attached hydrogens (tertiary/aromatic N) is 2. The minimum Gasteiger partial charge on any atom is -0.245 e. The van der Waals surface area contributed by atoms with Gasteiger partial charge in [0.25, 0.3) is 0 Å². The number of alkyl halides is 1. The van der Waals surface area contributed by atoms with Gasteiger partial charge in [-0.05, 0) is 18.4 Å². The lowest BCUT2D eigenvalue weighted by Crippen LogP contribution is -1.94. The zero-order valence-electron chi connectivity index (χ0n) is 6.50. The van der Waals surface area contributed by atoms with Gasteiger partial charge in [0.2, 0.25) is 0 Å². The molecule has 0 saturated carbocycles. The fourth-order valence-electron chi connectivity index (χ4n) is 0.825. The first kappa shape index (κ1) is 8.65. The molecule has 0 bridgehead atoms. The van der Waals surface area contributed by atoms with E-state index in [0.717, 1.165) is 12.8 Å².